The summed E-state index contributed by atoms with van der Waals surface area (Å²) in [7, 11) is 0. The van der Waals surface area contributed by atoms with Crippen LogP contribution in [0.1, 0.15) is 45.1 Å². The number of nitrogens with two attached hydrogens (primary N) is 1. The molecule has 0 aliphatic carbocycles. The number of carbonyl (C=O) groups is 1. The second-order valence-electron chi connectivity index (χ2n) is 4.85. The minimum absolute atomic E-state index is 0.0260. The summed E-state index contributed by atoms with van der Waals surface area (Å²) in [4.78, 5) is 11.0. The van der Waals surface area contributed by atoms with Gasteiger partial charge in [-0.15, -0.1) is 0 Å². The molecule has 5 nitrogen and oxygen atoms in total. The van der Waals surface area contributed by atoms with E-state index in [2.05, 4.69) is 0 Å². The molecule has 0 saturated carbocycles. The van der Waals surface area contributed by atoms with Crippen LogP contribution in [0, 0.1) is 0 Å². The molecule has 0 amide bonds. The summed E-state index contributed by atoms with van der Waals surface area (Å²) in [6.45, 7) is 7.00. The van der Waals surface area contributed by atoms with Crippen LogP contribution in [0.4, 0.5) is 0 Å². The molecular formula is C16H25NO4. The number of rotatable bonds is 9. The van der Waals surface area contributed by atoms with E-state index < -0.39 is 12.0 Å². The molecule has 1 aromatic carbocycles. The van der Waals surface area contributed by atoms with Crippen molar-refractivity contribution in [3.05, 3.63) is 23.8 Å². The smallest absolute Gasteiger partial charge is 0.320 e. The van der Waals surface area contributed by atoms with Gasteiger partial charge in [0.1, 0.15) is 17.5 Å². The van der Waals surface area contributed by atoms with E-state index in [0.29, 0.717) is 19.6 Å². The fraction of sp³-hybridized carbons (Fsp3) is 0.562. The van der Waals surface area contributed by atoms with Gasteiger partial charge in [0.25, 0.3) is 0 Å². The largest absolute Gasteiger partial charge is 0.494 e. The Labute approximate surface area is 126 Å². The normalized spacial score (nSPS) is 13.5. The van der Waals surface area contributed by atoms with E-state index in [1.807, 2.05) is 39.0 Å². The molecule has 0 spiro atoms. The van der Waals surface area contributed by atoms with E-state index in [9.17, 15) is 4.79 Å². The van der Waals surface area contributed by atoms with Crippen LogP contribution in [-0.4, -0.2) is 30.3 Å². The quantitative estimate of drug-likeness (QED) is 0.732. The lowest BCUT2D eigenvalue weighted by Gasteiger charge is -2.21. The van der Waals surface area contributed by atoms with E-state index in [0.717, 1.165) is 23.5 Å². The van der Waals surface area contributed by atoms with Gasteiger partial charge < -0.3 is 20.3 Å². The van der Waals surface area contributed by atoms with Crippen LogP contribution >= 0.6 is 0 Å². The van der Waals surface area contributed by atoms with Gasteiger partial charge >= 0.3 is 5.97 Å². The highest BCUT2D eigenvalue weighted by molar-refractivity contribution is 5.73. The lowest BCUT2D eigenvalue weighted by molar-refractivity contribution is -0.138. The highest BCUT2D eigenvalue weighted by Gasteiger charge is 2.22. The SMILES string of the molecule is CCOc1ccc(OCC)c(C(CC)CC(N)C(=O)O)c1. The molecule has 3 N–H and O–H groups in total. The molecule has 118 valence electrons. The molecule has 0 aromatic heterocycles. The maximum absolute atomic E-state index is 11.0. The summed E-state index contributed by atoms with van der Waals surface area (Å²) in [6.07, 6.45) is 1.16. The number of carboxylic acid groups (broad SMARTS) is 1. The number of aliphatic carboxylic acids is 1. The average Bonchev–Trinajstić information content (AvgIpc) is 2.46. The first-order valence-electron chi connectivity index (χ1n) is 7.41. The lowest BCUT2D eigenvalue weighted by Crippen LogP contribution is -2.31. The van der Waals surface area contributed by atoms with E-state index in [-0.39, 0.29) is 5.92 Å². The Morgan fingerprint density at radius 1 is 1.24 bits per heavy atom. The number of hydrogen-bond acceptors (Lipinski definition) is 4. The van der Waals surface area contributed by atoms with Gasteiger partial charge in [0, 0.05) is 5.56 Å². The summed E-state index contributed by atoms with van der Waals surface area (Å²) < 4.78 is 11.2. The van der Waals surface area contributed by atoms with Gasteiger partial charge in [0.15, 0.2) is 0 Å². The third-order valence-corrected chi connectivity index (χ3v) is 3.38. The molecule has 0 fully saturated rings. The van der Waals surface area contributed by atoms with E-state index in [1.165, 1.54) is 0 Å². The average molecular weight is 295 g/mol. The number of carboxylic acids is 1. The molecule has 0 radical (unpaired) electrons. The van der Waals surface area contributed by atoms with Crippen molar-refractivity contribution in [2.75, 3.05) is 13.2 Å². The van der Waals surface area contributed by atoms with Crippen molar-refractivity contribution in [2.45, 2.75) is 45.6 Å². The zero-order chi connectivity index (χ0) is 15.8. The molecule has 1 aromatic rings. The zero-order valence-electron chi connectivity index (χ0n) is 13.0. The maximum atomic E-state index is 11.0. The minimum Gasteiger partial charge on any atom is -0.494 e. The summed E-state index contributed by atoms with van der Waals surface area (Å²) in [5.74, 6) is 0.578. The Morgan fingerprint density at radius 2 is 1.90 bits per heavy atom. The van der Waals surface area contributed by atoms with Gasteiger partial charge in [-0.3, -0.25) is 4.79 Å². The molecule has 0 heterocycles. The molecule has 0 saturated heterocycles. The Morgan fingerprint density at radius 3 is 2.43 bits per heavy atom. The van der Waals surface area contributed by atoms with Crippen LogP contribution in [0.3, 0.4) is 0 Å². The number of benzene rings is 1. The molecule has 1 rings (SSSR count). The predicted molar refractivity (Wildman–Crippen MR) is 82.0 cm³/mol. The van der Waals surface area contributed by atoms with Crippen molar-refractivity contribution in [1.29, 1.82) is 0 Å². The first-order chi connectivity index (χ1) is 10.0. The fourth-order valence-electron chi connectivity index (χ4n) is 2.31. The molecule has 21 heavy (non-hydrogen) atoms. The Bertz CT molecular complexity index is 462. The molecule has 0 bridgehead atoms. The van der Waals surface area contributed by atoms with Crippen LogP contribution < -0.4 is 15.2 Å². The van der Waals surface area contributed by atoms with Crippen LogP contribution in [0.2, 0.25) is 0 Å². The van der Waals surface area contributed by atoms with Crippen molar-refractivity contribution in [3.8, 4) is 11.5 Å². The summed E-state index contributed by atoms with van der Waals surface area (Å²) in [5.41, 5.74) is 6.64. The van der Waals surface area contributed by atoms with Gasteiger partial charge in [-0.25, -0.2) is 0 Å². The van der Waals surface area contributed by atoms with Crippen molar-refractivity contribution >= 4 is 5.97 Å². The number of ether oxygens (including phenoxy) is 2. The highest BCUT2D eigenvalue weighted by Crippen LogP contribution is 2.35. The highest BCUT2D eigenvalue weighted by atomic mass is 16.5. The monoisotopic (exact) mass is 295 g/mol. The molecule has 0 aliphatic rings. The minimum atomic E-state index is -0.979. The lowest BCUT2D eigenvalue weighted by atomic mass is 9.89. The van der Waals surface area contributed by atoms with Gasteiger partial charge in [0.2, 0.25) is 0 Å². The summed E-state index contributed by atoms with van der Waals surface area (Å²) in [5, 5.41) is 9.00. The van der Waals surface area contributed by atoms with Gasteiger partial charge in [-0.1, -0.05) is 6.92 Å². The van der Waals surface area contributed by atoms with Gasteiger partial charge in [-0.2, -0.15) is 0 Å². The van der Waals surface area contributed by atoms with Crippen molar-refractivity contribution in [2.24, 2.45) is 5.73 Å². The predicted octanol–water partition coefficient (Wildman–Crippen LogP) is 2.78. The van der Waals surface area contributed by atoms with Gasteiger partial charge in [0.05, 0.1) is 13.2 Å². The van der Waals surface area contributed by atoms with E-state index in [1.54, 1.807) is 0 Å². The third-order valence-electron chi connectivity index (χ3n) is 3.38. The Kier molecular flexibility index (Phi) is 7.02. The van der Waals surface area contributed by atoms with Crippen LogP contribution in [0.25, 0.3) is 0 Å². The van der Waals surface area contributed by atoms with E-state index >= 15 is 0 Å². The van der Waals surface area contributed by atoms with Crippen LogP contribution in [0.5, 0.6) is 11.5 Å². The fourth-order valence-corrected chi connectivity index (χ4v) is 2.31. The first kappa shape index (κ1) is 17.3. The van der Waals surface area contributed by atoms with Gasteiger partial charge in [-0.05, 0) is 50.8 Å². The van der Waals surface area contributed by atoms with Crippen LogP contribution in [0.15, 0.2) is 18.2 Å². The zero-order valence-corrected chi connectivity index (χ0v) is 13.0. The second-order valence-corrected chi connectivity index (χ2v) is 4.85. The molecule has 2 atom stereocenters. The molecular weight excluding hydrogens is 270 g/mol. The molecule has 5 heteroatoms. The topological polar surface area (TPSA) is 81.8 Å². The molecule has 0 aliphatic heterocycles. The summed E-state index contributed by atoms with van der Waals surface area (Å²) >= 11 is 0. The summed E-state index contributed by atoms with van der Waals surface area (Å²) in [6, 6.07) is 4.79. The second kappa shape index (κ2) is 8.52. The Hall–Kier alpha value is -1.75. The third kappa shape index (κ3) is 4.93. The first-order valence-corrected chi connectivity index (χ1v) is 7.41. The van der Waals surface area contributed by atoms with Crippen molar-refractivity contribution in [3.63, 3.8) is 0 Å². The Balaban J connectivity index is 3.07. The van der Waals surface area contributed by atoms with Crippen LogP contribution in [-0.2, 0) is 4.79 Å². The molecule has 2 unspecified atom stereocenters. The maximum Gasteiger partial charge on any atom is 0.320 e. The standard InChI is InChI=1S/C16H25NO4/c1-4-11(9-14(17)16(18)19)13-10-12(20-5-2)7-8-15(13)21-6-3/h7-8,10-11,14H,4-6,9,17H2,1-3H3,(H,18,19). The van der Waals surface area contributed by atoms with Crippen molar-refractivity contribution < 1.29 is 19.4 Å². The number of hydrogen-bond donors (Lipinski definition) is 2. The van der Waals surface area contributed by atoms with Crippen molar-refractivity contribution in [1.82, 2.24) is 0 Å². The van der Waals surface area contributed by atoms with E-state index in [4.69, 9.17) is 20.3 Å².